The molecule has 0 bridgehead atoms. The monoisotopic (exact) mass is 394 g/mol. The Morgan fingerprint density at radius 2 is 2.03 bits per heavy atom. The van der Waals surface area contributed by atoms with Gasteiger partial charge in [-0.15, -0.1) is 0 Å². The van der Waals surface area contributed by atoms with Gasteiger partial charge in [0.1, 0.15) is 11.5 Å². The predicted octanol–water partition coefficient (Wildman–Crippen LogP) is 3.76. The van der Waals surface area contributed by atoms with E-state index < -0.39 is 23.5 Å². The number of amides is 1. The van der Waals surface area contributed by atoms with Crippen molar-refractivity contribution in [1.82, 2.24) is 5.16 Å². The van der Waals surface area contributed by atoms with Crippen LogP contribution < -0.4 is 9.64 Å². The number of Topliss-reactive ketones (excluding diaryl/α,β-unsaturated/α-hetero) is 1. The quantitative estimate of drug-likeness (QED) is 0.635. The first-order valence-electron chi connectivity index (χ1n) is 9.02. The van der Waals surface area contributed by atoms with Gasteiger partial charge in [0.05, 0.1) is 24.5 Å². The number of hydrogen-bond acceptors (Lipinski definition) is 7. The lowest BCUT2D eigenvalue weighted by Crippen LogP contribution is -2.31. The number of furan rings is 1. The van der Waals surface area contributed by atoms with Crippen LogP contribution in [0.1, 0.15) is 34.8 Å². The number of aliphatic hydroxyl groups is 1. The number of aliphatic hydroxyl groups excluding tert-OH is 1. The molecule has 3 heterocycles. The van der Waals surface area contributed by atoms with Gasteiger partial charge in [-0.3, -0.25) is 14.5 Å². The third kappa shape index (κ3) is 3.18. The zero-order valence-corrected chi connectivity index (χ0v) is 15.8. The molecule has 4 rings (SSSR count). The maximum atomic E-state index is 13.0. The van der Waals surface area contributed by atoms with Crippen LogP contribution in [0.4, 0.5) is 5.82 Å². The molecule has 0 saturated heterocycles. The van der Waals surface area contributed by atoms with E-state index in [0.717, 1.165) is 0 Å². The van der Waals surface area contributed by atoms with Crippen molar-refractivity contribution in [3.05, 3.63) is 77.1 Å². The third-order valence-corrected chi connectivity index (χ3v) is 4.57. The van der Waals surface area contributed by atoms with E-state index in [1.165, 1.54) is 17.2 Å². The average Bonchev–Trinajstić information content (AvgIpc) is 3.44. The molecule has 29 heavy (non-hydrogen) atoms. The molecule has 1 aromatic carbocycles. The molecule has 148 valence electrons. The molecule has 1 unspecified atom stereocenters. The number of hydrogen-bond donors (Lipinski definition) is 1. The van der Waals surface area contributed by atoms with Crippen LogP contribution >= 0.6 is 0 Å². The van der Waals surface area contributed by atoms with Crippen LogP contribution in [0.3, 0.4) is 0 Å². The van der Waals surface area contributed by atoms with Crippen LogP contribution in [0.25, 0.3) is 0 Å². The fourth-order valence-electron chi connectivity index (χ4n) is 3.31. The average molecular weight is 394 g/mol. The molecule has 3 aromatic rings. The van der Waals surface area contributed by atoms with Gasteiger partial charge >= 0.3 is 0 Å². The maximum Gasteiger partial charge on any atom is 0.295 e. The van der Waals surface area contributed by atoms with Crippen molar-refractivity contribution in [2.24, 2.45) is 0 Å². The number of aryl methyl sites for hydroxylation is 1. The molecular weight excluding hydrogens is 376 g/mol. The Morgan fingerprint density at radius 1 is 1.28 bits per heavy atom. The fourth-order valence-corrected chi connectivity index (χ4v) is 3.31. The van der Waals surface area contributed by atoms with Gasteiger partial charge in [-0.25, -0.2) is 0 Å². The Hall–Kier alpha value is -3.81. The van der Waals surface area contributed by atoms with E-state index in [1.807, 2.05) is 6.92 Å². The van der Waals surface area contributed by atoms with Crippen molar-refractivity contribution in [1.29, 1.82) is 0 Å². The summed E-state index contributed by atoms with van der Waals surface area (Å²) in [5.74, 6) is -0.616. The molecule has 0 saturated carbocycles. The number of ether oxygens (including phenoxy) is 1. The van der Waals surface area contributed by atoms with Crippen molar-refractivity contribution >= 4 is 17.5 Å². The van der Waals surface area contributed by atoms with Crippen molar-refractivity contribution in [3.8, 4) is 5.75 Å². The summed E-state index contributed by atoms with van der Waals surface area (Å²) in [5.41, 5.74) is 0.510. The molecule has 1 aliphatic rings. The first-order chi connectivity index (χ1) is 14.0. The highest BCUT2D eigenvalue weighted by Crippen LogP contribution is 2.42. The van der Waals surface area contributed by atoms with Gasteiger partial charge < -0.3 is 18.8 Å². The molecule has 1 atom stereocenters. The largest absolute Gasteiger partial charge is 0.503 e. The number of ketones is 1. The number of rotatable bonds is 6. The minimum Gasteiger partial charge on any atom is -0.503 e. The van der Waals surface area contributed by atoms with Gasteiger partial charge in [0.25, 0.3) is 5.91 Å². The second kappa shape index (κ2) is 7.31. The Morgan fingerprint density at radius 3 is 2.62 bits per heavy atom. The minimum atomic E-state index is -0.903. The van der Waals surface area contributed by atoms with Crippen molar-refractivity contribution in [2.75, 3.05) is 11.5 Å². The Bertz CT molecular complexity index is 1080. The van der Waals surface area contributed by atoms with E-state index in [-0.39, 0.29) is 17.2 Å². The lowest BCUT2D eigenvalue weighted by molar-refractivity contribution is -0.117. The third-order valence-electron chi connectivity index (χ3n) is 4.57. The zero-order valence-electron chi connectivity index (χ0n) is 15.8. The fraction of sp³-hybridized carbons (Fsp3) is 0.190. The number of carbonyl (C=O) groups is 2. The summed E-state index contributed by atoms with van der Waals surface area (Å²) in [4.78, 5) is 27.2. The van der Waals surface area contributed by atoms with Crippen LogP contribution in [0.5, 0.6) is 5.75 Å². The summed E-state index contributed by atoms with van der Waals surface area (Å²) < 4.78 is 15.8. The highest BCUT2D eigenvalue weighted by atomic mass is 16.5. The SMILES string of the molecule is CCOc1ccc(C2C(C(=O)c3ccco3)=C(O)C(=O)N2c2cc(C)on2)cc1. The normalized spacial score (nSPS) is 16.6. The molecule has 0 spiro atoms. The van der Waals surface area contributed by atoms with Crippen LogP contribution in [0.15, 0.2) is 69.0 Å². The number of benzene rings is 1. The van der Waals surface area contributed by atoms with E-state index in [9.17, 15) is 14.7 Å². The number of nitrogens with zero attached hydrogens (tertiary/aromatic N) is 2. The first-order valence-corrected chi connectivity index (χ1v) is 9.02. The van der Waals surface area contributed by atoms with E-state index in [1.54, 1.807) is 43.3 Å². The van der Waals surface area contributed by atoms with Crippen LogP contribution in [-0.2, 0) is 4.79 Å². The van der Waals surface area contributed by atoms with Gasteiger partial charge in [-0.2, -0.15) is 0 Å². The lowest BCUT2D eigenvalue weighted by Gasteiger charge is -2.24. The van der Waals surface area contributed by atoms with E-state index >= 15 is 0 Å². The smallest absolute Gasteiger partial charge is 0.295 e. The van der Waals surface area contributed by atoms with Crippen molar-refractivity contribution in [3.63, 3.8) is 0 Å². The van der Waals surface area contributed by atoms with Crippen molar-refractivity contribution < 1.29 is 28.4 Å². The van der Waals surface area contributed by atoms with Gasteiger partial charge in [0, 0.05) is 6.07 Å². The summed E-state index contributed by atoms with van der Waals surface area (Å²) >= 11 is 0. The predicted molar refractivity (Wildman–Crippen MR) is 102 cm³/mol. The number of aromatic nitrogens is 1. The van der Waals surface area contributed by atoms with E-state index in [2.05, 4.69) is 5.16 Å². The molecule has 0 radical (unpaired) electrons. The summed E-state index contributed by atoms with van der Waals surface area (Å²) in [7, 11) is 0. The van der Waals surface area contributed by atoms with Crippen LogP contribution in [0, 0.1) is 6.92 Å². The maximum absolute atomic E-state index is 13.0. The summed E-state index contributed by atoms with van der Waals surface area (Å²) in [5, 5.41) is 14.5. The molecular formula is C21H18N2O6. The first kappa shape index (κ1) is 18.5. The lowest BCUT2D eigenvalue weighted by atomic mass is 9.95. The highest BCUT2D eigenvalue weighted by Gasteiger charge is 2.46. The molecule has 0 fully saturated rings. The van der Waals surface area contributed by atoms with E-state index in [0.29, 0.717) is 23.7 Å². The zero-order chi connectivity index (χ0) is 20.5. The topological polar surface area (TPSA) is 106 Å². The second-order valence-corrected chi connectivity index (χ2v) is 6.44. The molecule has 1 aliphatic heterocycles. The number of anilines is 1. The molecule has 1 N–H and O–H groups in total. The molecule has 2 aromatic heterocycles. The van der Waals surface area contributed by atoms with Crippen molar-refractivity contribution in [2.45, 2.75) is 19.9 Å². The summed E-state index contributed by atoms with van der Waals surface area (Å²) in [6.45, 7) is 4.07. The number of carbonyl (C=O) groups excluding carboxylic acids is 2. The van der Waals surface area contributed by atoms with Gasteiger partial charge in [0.15, 0.2) is 17.3 Å². The standard InChI is InChI=1S/C21H18N2O6/c1-3-27-14-8-6-13(7-9-14)18-17(19(24)15-5-4-10-28-15)20(25)21(26)23(18)16-11-12(2)29-22-16/h4-11,18,25H,3H2,1-2H3. The Balaban J connectivity index is 1.83. The van der Waals surface area contributed by atoms with E-state index in [4.69, 9.17) is 13.7 Å². The van der Waals surface area contributed by atoms with Crippen LogP contribution in [-0.4, -0.2) is 28.6 Å². The molecule has 0 aliphatic carbocycles. The minimum absolute atomic E-state index is 0.0217. The summed E-state index contributed by atoms with van der Waals surface area (Å²) in [6.07, 6.45) is 1.35. The van der Waals surface area contributed by atoms with Gasteiger partial charge in [-0.05, 0) is 43.7 Å². The van der Waals surface area contributed by atoms with Crippen LogP contribution in [0.2, 0.25) is 0 Å². The van der Waals surface area contributed by atoms with Gasteiger partial charge in [0.2, 0.25) is 5.78 Å². The summed E-state index contributed by atoms with van der Waals surface area (Å²) in [6, 6.07) is 10.6. The Kier molecular flexibility index (Phi) is 4.67. The Labute approximate surface area is 166 Å². The van der Waals surface area contributed by atoms with Gasteiger partial charge in [-0.1, -0.05) is 17.3 Å². The highest BCUT2D eigenvalue weighted by molar-refractivity contribution is 6.19. The molecule has 1 amide bonds. The second-order valence-electron chi connectivity index (χ2n) is 6.44. The molecule has 8 heteroatoms. The molecule has 8 nitrogen and oxygen atoms in total.